The number of esters is 1. The van der Waals surface area contributed by atoms with Crippen LogP contribution < -0.4 is 9.47 Å². The van der Waals surface area contributed by atoms with Crippen molar-refractivity contribution in [2.75, 3.05) is 7.11 Å². The molecule has 1 atom stereocenters. The highest BCUT2D eigenvalue weighted by Crippen LogP contribution is 2.48. The molecule has 3 nitrogen and oxygen atoms in total. The highest BCUT2D eigenvalue weighted by molar-refractivity contribution is 6.55. The zero-order valence-electron chi connectivity index (χ0n) is 11.9. The summed E-state index contributed by atoms with van der Waals surface area (Å²) < 4.78 is 10.2. The molecule has 0 fully saturated rings. The Balaban J connectivity index is 2.29. The summed E-state index contributed by atoms with van der Waals surface area (Å²) in [5.74, 6) is -0.389. The molecule has 2 aromatic rings. The van der Waals surface area contributed by atoms with Crippen LogP contribution >= 0.6 is 69.6 Å². The van der Waals surface area contributed by atoms with Gasteiger partial charge in [0.2, 0.25) is 0 Å². The molecular formula is C15H8Cl6O3. The fraction of sp³-hybridized carbons (Fsp3) is 0.133. The predicted octanol–water partition coefficient (Wildman–Crippen LogP) is 6.85. The van der Waals surface area contributed by atoms with Gasteiger partial charge in [0.1, 0.15) is 15.8 Å². The van der Waals surface area contributed by atoms with Crippen LogP contribution in [0.25, 0.3) is 0 Å². The average Bonchev–Trinajstić information content (AvgIpc) is 2.61. The van der Waals surface area contributed by atoms with Gasteiger partial charge in [-0.2, -0.15) is 0 Å². The summed E-state index contributed by atoms with van der Waals surface area (Å²) in [6.07, 6.45) is 0. The Labute approximate surface area is 168 Å². The number of hydrogen-bond donors (Lipinski definition) is 0. The monoisotopic (exact) mass is 446 g/mol. The van der Waals surface area contributed by atoms with E-state index in [1.807, 2.05) is 0 Å². The Morgan fingerprint density at radius 1 is 0.875 bits per heavy atom. The largest absolute Gasteiger partial charge is 0.497 e. The number of benzene rings is 2. The minimum atomic E-state index is -1.10. The van der Waals surface area contributed by atoms with Crippen LogP contribution in [0.1, 0.15) is 10.9 Å². The van der Waals surface area contributed by atoms with E-state index < -0.39 is 11.3 Å². The van der Waals surface area contributed by atoms with Gasteiger partial charge in [0, 0.05) is 0 Å². The normalized spacial score (nSPS) is 12.0. The van der Waals surface area contributed by atoms with E-state index in [0.717, 1.165) is 0 Å². The van der Waals surface area contributed by atoms with Gasteiger partial charge in [0.15, 0.2) is 11.1 Å². The molecule has 2 aromatic carbocycles. The van der Waals surface area contributed by atoms with Crippen molar-refractivity contribution in [1.29, 1.82) is 0 Å². The van der Waals surface area contributed by atoms with Crippen molar-refractivity contribution in [2.24, 2.45) is 0 Å². The van der Waals surface area contributed by atoms with E-state index in [2.05, 4.69) is 0 Å². The van der Waals surface area contributed by atoms with Gasteiger partial charge in [-0.25, -0.2) is 4.79 Å². The van der Waals surface area contributed by atoms with E-state index in [4.69, 9.17) is 79.1 Å². The second-order valence-electron chi connectivity index (χ2n) is 4.46. The van der Waals surface area contributed by atoms with Crippen molar-refractivity contribution >= 4 is 75.6 Å². The summed E-state index contributed by atoms with van der Waals surface area (Å²) in [7, 11) is 1.53. The molecule has 128 valence electrons. The first-order chi connectivity index (χ1) is 11.3. The first kappa shape index (κ1) is 19.8. The smallest absolute Gasteiger partial charge is 0.334 e. The third-order valence-corrected chi connectivity index (χ3v) is 5.66. The molecule has 0 unspecified atom stereocenters. The molecule has 0 aliphatic rings. The van der Waals surface area contributed by atoms with Crippen molar-refractivity contribution in [3.8, 4) is 11.5 Å². The second-order valence-corrected chi connectivity index (χ2v) is 6.78. The highest BCUT2D eigenvalue weighted by atomic mass is 35.5. The molecule has 0 N–H and O–H groups in total. The molecule has 9 heteroatoms. The van der Waals surface area contributed by atoms with E-state index in [-0.39, 0.29) is 30.9 Å². The first-order valence-corrected chi connectivity index (χ1v) is 8.61. The van der Waals surface area contributed by atoms with Gasteiger partial charge in [-0.1, -0.05) is 70.1 Å². The number of rotatable bonds is 4. The second kappa shape index (κ2) is 8.22. The molecule has 2 rings (SSSR count). The fourth-order valence-electron chi connectivity index (χ4n) is 1.74. The van der Waals surface area contributed by atoms with Gasteiger partial charge >= 0.3 is 5.97 Å². The molecule has 0 spiro atoms. The quantitative estimate of drug-likeness (QED) is 0.169. The number of carbonyl (C=O) groups excluding carboxylic acids is 1. The third-order valence-electron chi connectivity index (χ3n) is 2.99. The number of ether oxygens (including phenoxy) is 2. The Morgan fingerprint density at radius 2 is 1.33 bits per heavy atom. The maximum absolute atomic E-state index is 12.3. The Bertz CT molecular complexity index is 747. The predicted molar refractivity (Wildman–Crippen MR) is 98.7 cm³/mol. The SMILES string of the molecule is COc1ccc([C@H](Cl)C(=O)Oc2c(Cl)c(Cl)c(Cl)c(Cl)c2Cl)cc1. The lowest BCUT2D eigenvalue weighted by molar-refractivity contribution is -0.134. The van der Waals surface area contributed by atoms with E-state index >= 15 is 0 Å². The molecule has 24 heavy (non-hydrogen) atoms. The minimum absolute atomic E-state index is 0.0364. The zero-order chi connectivity index (χ0) is 18.0. The summed E-state index contributed by atoms with van der Waals surface area (Å²) in [4.78, 5) is 12.3. The van der Waals surface area contributed by atoms with Gasteiger partial charge in [-0.15, -0.1) is 11.6 Å². The van der Waals surface area contributed by atoms with E-state index in [1.54, 1.807) is 24.3 Å². The molecular weight excluding hydrogens is 441 g/mol. The number of carbonyl (C=O) groups is 1. The molecule has 0 aromatic heterocycles. The van der Waals surface area contributed by atoms with Gasteiger partial charge < -0.3 is 9.47 Å². The van der Waals surface area contributed by atoms with Crippen LogP contribution in [0, 0.1) is 0 Å². The van der Waals surface area contributed by atoms with Crippen LogP contribution in [0.3, 0.4) is 0 Å². The molecule has 0 radical (unpaired) electrons. The van der Waals surface area contributed by atoms with E-state index in [0.29, 0.717) is 11.3 Å². The van der Waals surface area contributed by atoms with Crippen molar-refractivity contribution in [1.82, 2.24) is 0 Å². The first-order valence-electron chi connectivity index (χ1n) is 6.29. The molecule has 0 aliphatic carbocycles. The Hall–Kier alpha value is -0.550. The van der Waals surface area contributed by atoms with Gasteiger partial charge in [-0.3, -0.25) is 0 Å². The summed E-state index contributed by atoms with van der Waals surface area (Å²) in [5.41, 5.74) is 0.501. The van der Waals surface area contributed by atoms with E-state index in [1.165, 1.54) is 7.11 Å². The molecule has 0 saturated carbocycles. The number of hydrogen-bond acceptors (Lipinski definition) is 3. The summed E-state index contributed by atoms with van der Waals surface area (Å²) in [6, 6.07) is 6.58. The summed E-state index contributed by atoms with van der Waals surface area (Å²) >= 11 is 35.9. The lowest BCUT2D eigenvalue weighted by Gasteiger charge is -2.15. The topological polar surface area (TPSA) is 35.5 Å². The molecule has 0 bridgehead atoms. The number of halogens is 6. The average molecular weight is 449 g/mol. The van der Waals surface area contributed by atoms with Crippen LogP contribution in [0.15, 0.2) is 24.3 Å². The molecule has 0 aliphatic heterocycles. The van der Waals surface area contributed by atoms with E-state index in [9.17, 15) is 4.79 Å². The Kier molecular flexibility index (Phi) is 6.77. The Morgan fingerprint density at radius 3 is 1.79 bits per heavy atom. The lowest BCUT2D eigenvalue weighted by atomic mass is 10.1. The summed E-state index contributed by atoms with van der Waals surface area (Å²) in [6.45, 7) is 0. The zero-order valence-corrected chi connectivity index (χ0v) is 16.4. The third kappa shape index (κ3) is 3.98. The van der Waals surface area contributed by atoms with Crippen molar-refractivity contribution in [3.05, 3.63) is 54.9 Å². The maximum atomic E-state index is 12.3. The fourth-order valence-corrected chi connectivity index (χ4v) is 3.12. The lowest BCUT2D eigenvalue weighted by Crippen LogP contribution is -2.15. The highest BCUT2D eigenvalue weighted by Gasteiger charge is 2.26. The van der Waals surface area contributed by atoms with Crippen LogP contribution in [-0.2, 0) is 4.79 Å². The van der Waals surface area contributed by atoms with Gasteiger partial charge in [0.05, 0.1) is 22.2 Å². The van der Waals surface area contributed by atoms with Gasteiger partial charge in [0.25, 0.3) is 0 Å². The van der Waals surface area contributed by atoms with Crippen LogP contribution in [0.5, 0.6) is 11.5 Å². The van der Waals surface area contributed by atoms with Crippen LogP contribution in [0.4, 0.5) is 0 Å². The van der Waals surface area contributed by atoms with Crippen LogP contribution in [-0.4, -0.2) is 13.1 Å². The molecule has 0 heterocycles. The van der Waals surface area contributed by atoms with Crippen LogP contribution in [0.2, 0.25) is 25.1 Å². The van der Waals surface area contributed by atoms with Crippen molar-refractivity contribution in [3.63, 3.8) is 0 Å². The van der Waals surface area contributed by atoms with Gasteiger partial charge in [-0.05, 0) is 17.7 Å². The minimum Gasteiger partial charge on any atom is -0.497 e. The molecule has 0 amide bonds. The standard InChI is InChI=1S/C15H8Cl6O3/c1-23-7-4-2-6(3-5-7)8(16)15(22)24-14-12(20)10(18)9(17)11(19)13(14)21/h2-5,8H,1H3/t8-/m0/s1. The number of methoxy groups -OCH3 is 1. The number of alkyl halides is 1. The molecule has 0 saturated heterocycles. The maximum Gasteiger partial charge on any atom is 0.334 e. The van der Waals surface area contributed by atoms with Crippen molar-refractivity contribution in [2.45, 2.75) is 5.38 Å². The summed E-state index contributed by atoms with van der Waals surface area (Å²) in [5, 5.41) is -1.56. The van der Waals surface area contributed by atoms with Crippen molar-refractivity contribution < 1.29 is 14.3 Å².